The van der Waals surface area contributed by atoms with Crippen molar-refractivity contribution >= 4 is 6.08 Å². The second kappa shape index (κ2) is 8.20. The van der Waals surface area contributed by atoms with Gasteiger partial charge in [0.05, 0.1) is 6.61 Å². The predicted octanol–water partition coefficient (Wildman–Crippen LogP) is 5.00. The van der Waals surface area contributed by atoms with E-state index in [9.17, 15) is 10.2 Å². The number of fused-ring (bicyclic) bond motifs is 1. The van der Waals surface area contributed by atoms with Crippen LogP contribution < -0.4 is 4.74 Å². The van der Waals surface area contributed by atoms with Crippen LogP contribution in [0.1, 0.15) is 52.0 Å². The molecule has 0 aliphatic carbocycles. The Bertz CT molecular complexity index is 651. The molecule has 0 spiro atoms. The number of aromatic hydroxyl groups is 1. The normalized spacial score (nSPS) is 19.6. The van der Waals surface area contributed by atoms with Crippen molar-refractivity contribution in [3.8, 4) is 11.5 Å². The summed E-state index contributed by atoms with van der Waals surface area (Å²) in [6, 6.07) is 5.02. The standard InChI is InChI=1S/C21H28O3/c1-16(2)6-4-7-17(3)8-5-12-21(15-22)13-11-18-14-19(23)9-10-20(18)24-21/h6,8-11,13-14,22-23H,4-5,7,12,15H2,1-3H3/b17-8+. The van der Waals surface area contributed by atoms with Crippen LogP contribution in [0.5, 0.6) is 11.5 Å². The lowest BCUT2D eigenvalue weighted by atomic mass is 9.93. The molecule has 0 amide bonds. The van der Waals surface area contributed by atoms with Gasteiger partial charge in [-0.3, -0.25) is 0 Å². The number of ether oxygens (including phenoxy) is 1. The van der Waals surface area contributed by atoms with Gasteiger partial charge in [-0.25, -0.2) is 0 Å². The van der Waals surface area contributed by atoms with Crippen LogP contribution in [0.4, 0.5) is 0 Å². The van der Waals surface area contributed by atoms with Crippen LogP contribution in [0.25, 0.3) is 6.08 Å². The largest absolute Gasteiger partial charge is 0.508 e. The van der Waals surface area contributed by atoms with Crippen molar-refractivity contribution in [3.63, 3.8) is 0 Å². The zero-order valence-corrected chi connectivity index (χ0v) is 14.9. The Kier molecular flexibility index (Phi) is 6.27. The number of aliphatic hydroxyl groups is 1. The maximum atomic E-state index is 9.84. The molecule has 1 unspecified atom stereocenters. The van der Waals surface area contributed by atoms with E-state index in [0.717, 1.165) is 31.2 Å². The topological polar surface area (TPSA) is 49.7 Å². The Morgan fingerprint density at radius 2 is 1.96 bits per heavy atom. The second-order valence-corrected chi connectivity index (χ2v) is 6.79. The van der Waals surface area contributed by atoms with Crippen LogP contribution in [0.3, 0.4) is 0 Å². The molecule has 0 aromatic heterocycles. The number of phenolic OH excluding ortho intramolecular Hbond substituents is 1. The van der Waals surface area contributed by atoms with Crippen LogP contribution in [-0.2, 0) is 0 Å². The highest BCUT2D eigenvalue weighted by molar-refractivity contribution is 5.62. The molecule has 130 valence electrons. The molecule has 1 atom stereocenters. The zero-order chi connectivity index (χ0) is 17.6. The van der Waals surface area contributed by atoms with E-state index in [-0.39, 0.29) is 12.4 Å². The lowest BCUT2D eigenvalue weighted by Gasteiger charge is -2.33. The number of hydrogen-bond acceptors (Lipinski definition) is 3. The van der Waals surface area contributed by atoms with Crippen molar-refractivity contribution in [1.82, 2.24) is 0 Å². The zero-order valence-electron chi connectivity index (χ0n) is 14.9. The lowest BCUT2D eigenvalue weighted by molar-refractivity contribution is 0.0418. The van der Waals surface area contributed by atoms with Crippen molar-refractivity contribution in [3.05, 3.63) is 53.1 Å². The molecule has 1 aromatic carbocycles. The minimum atomic E-state index is -0.680. The summed E-state index contributed by atoms with van der Waals surface area (Å²) in [5.41, 5.74) is 2.88. The third-order valence-electron chi connectivity index (χ3n) is 4.29. The summed E-state index contributed by atoms with van der Waals surface area (Å²) < 4.78 is 6.03. The first-order chi connectivity index (χ1) is 11.4. The van der Waals surface area contributed by atoms with E-state index in [1.807, 2.05) is 12.2 Å². The van der Waals surface area contributed by atoms with Gasteiger partial charge < -0.3 is 14.9 Å². The summed E-state index contributed by atoms with van der Waals surface area (Å²) in [6.45, 7) is 6.33. The fourth-order valence-corrected chi connectivity index (χ4v) is 2.81. The van der Waals surface area contributed by atoms with Gasteiger partial charge in [-0.05, 0) is 70.7 Å². The Labute approximate surface area is 145 Å². The van der Waals surface area contributed by atoms with Crippen LogP contribution in [0.2, 0.25) is 0 Å². The average molecular weight is 328 g/mol. The molecular weight excluding hydrogens is 300 g/mol. The smallest absolute Gasteiger partial charge is 0.151 e. The summed E-state index contributed by atoms with van der Waals surface area (Å²) in [5.74, 6) is 0.919. The third-order valence-corrected chi connectivity index (χ3v) is 4.29. The van der Waals surface area contributed by atoms with Crippen molar-refractivity contribution in [2.75, 3.05) is 6.61 Å². The Morgan fingerprint density at radius 3 is 2.67 bits per heavy atom. The Balaban J connectivity index is 1.96. The highest BCUT2D eigenvalue weighted by atomic mass is 16.5. The monoisotopic (exact) mass is 328 g/mol. The molecule has 3 heteroatoms. The number of rotatable bonds is 7. The highest BCUT2D eigenvalue weighted by Gasteiger charge is 2.31. The number of phenols is 1. The van der Waals surface area contributed by atoms with Gasteiger partial charge in [0, 0.05) is 5.56 Å². The van der Waals surface area contributed by atoms with E-state index in [1.165, 1.54) is 11.1 Å². The maximum absolute atomic E-state index is 9.84. The maximum Gasteiger partial charge on any atom is 0.151 e. The van der Waals surface area contributed by atoms with Crippen molar-refractivity contribution in [1.29, 1.82) is 0 Å². The van der Waals surface area contributed by atoms with E-state index in [0.29, 0.717) is 5.75 Å². The summed E-state index contributed by atoms with van der Waals surface area (Å²) >= 11 is 0. The minimum Gasteiger partial charge on any atom is -0.508 e. The molecule has 3 nitrogen and oxygen atoms in total. The predicted molar refractivity (Wildman–Crippen MR) is 99.2 cm³/mol. The lowest BCUT2D eigenvalue weighted by Crippen LogP contribution is -2.39. The summed E-state index contributed by atoms with van der Waals surface area (Å²) in [5, 5.41) is 19.4. The molecule has 24 heavy (non-hydrogen) atoms. The second-order valence-electron chi connectivity index (χ2n) is 6.79. The molecule has 0 saturated heterocycles. The van der Waals surface area contributed by atoms with Crippen LogP contribution in [-0.4, -0.2) is 22.4 Å². The van der Waals surface area contributed by atoms with E-state index in [2.05, 4.69) is 32.9 Å². The minimum absolute atomic E-state index is 0.0610. The van der Waals surface area contributed by atoms with Crippen molar-refractivity contribution in [2.24, 2.45) is 0 Å². The quantitative estimate of drug-likeness (QED) is 0.692. The first-order valence-corrected chi connectivity index (χ1v) is 8.55. The first-order valence-electron chi connectivity index (χ1n) is 8.55. The molecule has 1 aliphatic rings. The molecule has 2 rings (SSSR count). The van der Waals surface area contributed by atoms with Gasteiger partial charge >= 0.3 is 0 Å². The fraction of sp³-hybridized carbons (Fsp3) is 0.429. The Morgan fingerprint density at radius 1 is 1.17 bits per heavy atom. The number of allylic oxidation sites excluding steroid dienone is 4. The van der Waals surface area contributed by atoms with Gasteiger partial charge in [-0.15, -0.1) is 0 Å². The molecule has 0 radical (unpaired) electrons. The molecule has 0 saturated carbocycles. The molecule has 1 aliphatic heterocycles. The summed E-state index contributed by atoms with van der Waals surface area (Å²) in [4.78, 5) is 0. The van der Waals surface area contributed by atoms with Gasteiger partial charge in [0.25, 0.3) is 0 Å². The van der Waals surface area contributed by atoms with E-state index < -0.39 is 5.60 Å². The van der Waals surface area contributed by atoms with E-state index >= 15 is 0 Å². The summed E-state index contributed by atoms with van der Waals surface area (Å²) in [7, 11) is 0. The highest BCUT2D eigenvalue weighted by Crippen LogP contribution is 2.35. The van der Waals surface area contributed by atoms with Gasteiger partial charge in [-0.1, -0.05) is 29.4 Å². The van der Waals surface area contributed by atoms with Crippen molar-refractivity contribution < 1.29 is 14.9 Å². The van der Waals surface area contributed by atoms with Crippen molar-refractivity contribution in [2.45, 2.75) is 52.1 Å². The van der Waals surface area contributed by atoms with Gasteiger partial charge in [0.2, 0.25) is 0 Å². The van der Waals surface area contributed by atoms with Gasteiger partial charge in [0.15, 0.2) is 5.60 Å². The van der Waals surface area contributed by atoms with Gasteiger partial charge in [0.1, 0.15) is 11.5 Å². The Hall–Kier alpha value is -2.00. The SMILES string of the molecule is CC(C)=CCC/C(C)=C/CCC1(CO)C=Cc2cc(O)ccc2O1. The molecule has 0 fully saturated rings. The number of benzene rings is 1. The van der Waals surface area contributed by atoms with Crippen LogP contribution in [0.15, 0.2) is 47.6 Å². The first kappa shape index (κ1) is 18.3. The fourth-order valence-electron chi connectivity index (χ4n) is 2.81. The van der Waals surface area contributed by atoms with Crippen LogP contribution >= 0.6 is 0 Å². The number of hydrogen-bond donors (Lipinski definition) is 2. The molecule has 1 heterocycles. The summed E-state index contributed by atoms with van der Waals surface area (Å²) in [6.07, 6.45) is 12.0. The molecule has 1 aromatic rings. The van der Waals surface area contributed by atoms with Gasteiger partial charge in [-0.2, -0.15) is 0 Å². The van der Waals surface area contributed by atoms with E-state index in [1.54, 1.807) is 18.2 Å². The third kappa shape index (κ3) is 5.00. The van der Waals surface area contributed by atoms with Crippen LogP contribution in [0, 0.1) is 0 Å². The molecular formula is C21H28O3. The average Bonchev–Trinajstić information content (AvgIpc) is 2.54. The van der Waals surface area contributed by atoms with E-state index in [4.69, 9.17) is 4.74 Å². The molecule has 0 bridgehead atoms. The molecule has 2 N–H and O–H groups in total. The number of aliphatic hydroxyl groups excluding tert-OH is 1.